The molecule has 2 aromatic heterocycles. The average molecular weight is 404 g/mol. The van der Waals surface area contributed by atoms with Gasteiger partial charge in [0, 0.05) is 41.5 Å². The number of pyridine rings is 2. The van der Waals surface area contributed by atoms with E-state index in [1.807, 2.05) is 12.1 Å². The van der Waals surface area contributed by atoms with Crippen molar-refractivity contribution in [1.82, 2.24) is 9.97 Å². The van der Waals surface area contributed by atoms with Crippen LogP contribution < -0.4 is 0 Å². The molecule has 1 atom stereocenters. The summed E-state index contributed by atoms with van der Waals surface area (Å²) in [5.41, 5.74) is 4.50. The minimum atomic E-state index is -1.23. The van der Waals surface area contributed by atoms with Crippen molar-refractivity contribution < 1.29 is 9.53 Å². The molecule has 0 saturated carbocycles. The Balaban J connectivity index is 1.98. The number of ether oxygens (including phenoxy) is 1. The summed E-state index contributed by atoms with van der Waals surface area (Å²) in [6, 6.07) is 10.6. The molecule has 2 heterocycles. The molecule has 5 rings (SSSR count). The molecule has 2 bridgehead atoms. The number of carbonyl (C=O) groups excluding carboxylic acids is 1. The van der Waals surface area contributed by atoms with Crippen molar-refractivity contribution in [3.05, 3.63) is 58.2 Å². The highest BCUT2D eigenvalue weighted by Gasteiger charge is 2.57. The third-order valence-corrected chi connectivity index (χ3v) is 6.22. The van der Waals surface area contributed by atoms with Gasteiger partial charge < -0.3 is 4.74 Å². The Labute approximate surface area is 178 Å². The van der Waals surface area contributed by atoms with Crippen molar-refractivity contribution in [2.24, 2.45) is 0 Å². The van der Waals surface area contributed by atoms with E-state index in [9.17, 15) is 10.1 Å². The molecule has 1 unspecified atom stereocenters. The molecule has 0 N–H and O–H groups in total. The van der Waals surface area contributed by atoms with E-state index in [2.05, 4.69) is 59.7 Å². The SMILES string of the molecule is CC(=O)OC1(C#N)CC2c3nc(C(C)(C)C)ccc3C1c1ccc(C(C)(C)C)nc12. The quantitative estimate of drug-likeness (QED) is 0.635. The van der Waals surface area contributed by atoms with Gasteiger partial charge in [0.1, 0.15) is 6.07 Å². The lowest BCUT2D eigenvalue weighted by molar-refractivity contribution is -0.154. The number of fused-ring (bicyclic) bond motifs is 1. The van der Waals surface area contributed by atoms with Crippen LogP contribution >= 0.6 is 0 Å². The first-order chi connectivity index (χ1) is 13.9. The van der Waals surface area contributed by atoms with Crippen LogP contribution in [-0.4, -0.2) is 21.5 Å². The number of esters is 1. The van der Waals surface area contributed by atoms with Gasteiger partial charge in [0.15, 0.2) is 0 Å². The van der Waals surface area contributed by atoms with Crippen LogP contribution in [0.15, 0.2) is 24.3 Å². The molecule has 5 nitrogen and oxygen atoms in total. The van der Waals surface area contributed by atoms with Crippen LogP contribution in [-0.2, 0) is 20.4 Å². The lowest BCUT2D eigenvalue weighted by Gasteiger charge is -2.48. The molecular weight excluding hydrogens is 374 g/mol. The fourth-order valence-electron chi connectivity index (χ4n) is 4.76. The van der Waals surface area contributed by atoms with Gasteiger partial charge in [0.2, 0.25) is 5.60 Å². The first-order valence-electron chi connectivity index (χ1n) is 10.5. The number of hydrogen-bond donors (Lipinski definition) is 0. The van der Waals surface area contributed by atoms with E-state index < -0.39 is 11.6 Å². The van der Waals surface area contributed by atoms with Crippen LogP contribution in [0.25, 0.3) is 0 Å². The minimum absolute atomic E-state index is 0.0859. The normalized spacial score (nSPS) is 24.6. The fourth-order valence-corrected chi connectivity index (χ4v) is 4.76. The summed E-state index contributed by atoms with van der Waals surface area (Å²) in [6.45, 7) is 14.2. The predicted octanol–water partition coefficient (Wildman–Crippen LogP) is 4.88. The zero-order valence-electron chi connectivity index (χ0n) is 18.8. The number of carbonyl (C=O) groups is 1. The Kier molecular flexibility index (Phi) is 4.36. The molecule has 3 aliphatic carbocycles. The second-order valence-corrected chi connectivity index (χ2v) is 10.6. The van der Waals surface area contributed by atoms with Crippen LogP contribution in [0, 0.1) is 11.3 Å². The standard InChI is InChI=1S/C25H29N3O2/c1-14(29)30-25(13-26)12-17-21-15(8-10-18(27-21)23(2,3)4)20(25)16-9-11-19(24(5,6)7)28-22(16)17/h8-11,17,20H,12H2,1-7H3. The second-order valence-electron chi connectivity index (χ2n) is 10.6. The number of nitrogens with zero attached hydrogens (tertiary/aromatic N) is 3. The molecule has 0 fully saturated rings. The molecule has 0 spiro atoms. The van der Waals surface area contributed by atoms with Crippen LogP contribution in [0.3, 0.4) is 0 Å². The Morgan fingerprint density at radius 2 is 1.47 bits per heavy atom. The Hall–Kier alpha value is -2.74. The summed E-state index contributed by atoms with van der Waals surface area (Å²) in [7, 11) is 0. The maximum atomic E-state index is 11.9. The van der Waals surface area contributed by atoms with E-state index >= 15 is 0 Å². The van der Waals surface area contributed by atoms with Crippen molar-refractivity contribution in [3.8, 4) is 6.07 Å². The van der Waals surface area contributed by atoms with Gasteiger partial charge in [-0.05, 0) is 23.3 Å². The number of nitriles is 1. The summed E-state index contributed by atoms with van der Waals surface area (Å²) >= 11 is 0. The van der Waals surface area contributed by atoms with Gasteiger partial charge in [-0.15, -0.1) is 0 Å². The maximum absolute atomic E-state index is 11.9. The monoisotopic (exact) mass is 403 g/mol. The molecule has 0 aromatic carbocycles. The van der Waals surface area contributed by atoms with Crippen molar-refractivity contribution >= 4 is 5.97 Å². The van der Waals surface area contributed by atoms with E-state index in [1.54, 1.807) is 0 Å². The Bertz CT molecular complexity index is 1020. The molecule has 5 heteroatoms. The Morgan fingerprint density at radius 3 is 1.83 bits per heavy atom. The largest absolute Gasteiger partial charge is 0.443 e. The third kappa shape index (κ3) is 3.01. The van der Waals surface area contributed by atoms with E-state index in [4.69, 9.17) is 14.7 Å². The van der Waals surface area contributed by atoms with Gasteiger partial charge in [-0.3, -0.25) is 14.8 Å². The molecule has 30 heavy (non-hydrogen) atoms. The lowest BCUT2D eigenvalue weighted by Crippen LogP contribution is -2.49. The summed E-state index contributed by atoms with van der Waals surface area (Å²) < 4.78 is 5.72. The molecule has 0 aliphatic heterocycles. The van der Waals surface area contributed by atoms with Crippen molar-refractivity contribution in [2.75, 3.05) is 0 Å². The van der Waals surface area contributed by atoms with Gasteiger partial charge in [-0.1, -0.05) is 53.7 Å². The van der Waals surface area contributed by atoms with E-state index in [1.165, 1.54) is 6.92 Å². The van der Waals surface area contributed by atoms with Crippen LogP contribution in [0.1, 0.15) is 101 Å². The number of rotatable bonds is 1. The van der Waals surface area contributed by atoms with Crippen LogP contribution in [0.5, 0.6) is 0 Å². The summed E-state index contributed by atoms with van der Waals surface area (Å²) in [5, 5.41) is 10.2. The van der Waals surface area contributed by atoms with E-state index in [-0.39, 0.29) is 22.7 Å². The van der Waals surface area contributed by atoms with Crippen LogP contribution in [0.2, 0.25) is 0 Å². The first-order valence-corrected chi connectivity index (χ1v) is 10.5. The van der Waals surface area contributed by atoms with E-state index in [0.717, 1.165) is 33.9 Å². The highest BCUT2D eigenvalue weighted by atomic mass is 16.6. The minimum Gasteiger partial charge on any atom is -0.443 e. The molecule has 156 valence electrons. The fraction of sp³-hybridized carbons (Fsp3) is 0.520. The molecule has 0 amide bonds. The maximum Gasteiger partial charge on any atom is 0.304 e. The van der Waals surface area contributed by atoms with Gasteiger partial charge in [-0.25, -0.2) is 0 Å². The topological polar surface area (TPSA) is 75.9 Å². The highest BCUT2D eigenvalue weighted by Crippen LogP contribution is 2.57. The van der Waals surface area contributed by atoms with Crippen molar-refractivity contribution in [3.63, 3.8) is 0 Å². The smallest absolute Gasteiger partial charge is 0.304 e. The van der Waals surface area contributed by atoms with Crippen molar-refractivity contribution in [2.45, 2.75) is 83.2 Å². The summed E-state index contributed by atoms with van der Waals surface area (Å²) in [4.78, 5) is 22.0. The average Bonchev–Trinajstić information content (AvgIpc) is 2.65. The lowest BCUT2D eigenvalue weighted by atomic mass is 9.59. The highest BCUT2D eigenvalue weighted by molar-refractivity contribution is 5.69. The van der Waals surface area contributed by atoms with Crippen molar-refractivity contribution in [1.29, 1.82) is 5.26 Å². The Morgan fingerprint density at radius 1 is 1.00 bits per heavy atom. The van der Waals surface area contributed by atoms with E-state index in [0.29, 0.717) is 6.42 Å². The summed E-state index contributed by atoms with van der Waals surface area (Å²) in [6.07, 6.45) is 0.384. The first kappa shape index (κ1) is 20.5. The molecule has 3 aliphatic rings. The molecule has 2 aromatic rings. The molecule has 0 radical (unpaired) electrons. The number of aromatic nitrogens is 2. The predicted molar refractivity (Wildman–Crippen MR) is 114 cm³/mol. The van der Waals surface area contributed by atoms with Crippen LogP contribution in [0.4, 0.5) is 0 Å². The zero-order chi connectivity index (χ0) is 22.1. The number of hydrogen-bond acceptors (Lipinski definition) is 5. The summed E-state index contributed by atoms with van der Waals surface area (Å²) in [5.74, 6) is -1.00. The van der Waals surface area contributed by atoms with Gasteiger partial charge >= 0.3 is 5.97 Å². The second kappa shape index (κ2) is 6.38. The molecule has 0 saturated heterocycles. The third-order valence-electron chi connectivity index (χ3n) is 6.22. The van der Waals surface area contributed by atoms with Gasteiger partial charge in [-0.2, -0.15) is 5.26 Å². The van der Waals surface area contributed by atoms with Gasteiger partial charge in [0.05, 0.1) is 17.3 Å². The molecular formula is C25H29N3O2. The van der Waals surface area contributed by atoms with Gasteiger partial charge in [0.25, 0.3) is 0 Å². The zero-order valence-corrected chi connectivity index (χ0v) is 18.8.